The molecule has 4 nitrogen and oxygen atoms in total. The van der Waals surface area contributed by atoms with Gasteiger partial charge in [-0.05, 0) is 27.1 Å². The van der Waals surface area contributed by atoms with Gasteiger partial charge in [0.05, 0.1) is 0 Å². The van der Waals surface area contributed by atoms with Crippen molar-refractivity contribution >= 4 is 17.7 Å². The predicted octanol–water partition coefficient (Wildman–Crippen LogP) is 1.56. The van der Waals surface area contributed by atoms with Gasteiger partial charge in [0.2, 0.25) is 5.95 Å². The second-order valence-electron chi connectivity index (χ2n) is 3.40. The zero-order valence-corrected chi connectivity index (χ0v) is 10.3. The van der Waals surface area contributed by atoms with E-state index in [1.165, 1.54) is 0 Å². The molecule has 0 aromatic carbocycles. The molecule has 0 atom stereocenters. The molecule has 1 aromatic heterocycles. The van der Waals surface area contributed by atoms with Crippen LogP contribution in [0, 0.1) is 0 Å². The maximum absolute atomic E-state index is 4.38. The fourth-order valence-electron chi connectivity index (χ4n) is 0.999. The fourth-order valence-corrected chi connectivity index (χ4v) is 1.97. The Morgan fingerprint density at radius 1 is 1.47 bits per heavy atom. The highest BCUT2D eigenvalue weighted by Gasteiger charge is 1.99. The minimum absolute atomic E-state index is 0.715. The number of thioether (sulfide) groups is 1. The molecule has 0 bridgehead atoms. The number of hydrogen-bond acceptors (Lipinski definition) is 5. The summed E-state index contributed by atoms with van der Waals surface area (Å²) in [6, 6.07) is 1.95. The second kappa shape index (κ2) is 6.63. The highest BCUT2D eigenvalue weighted by atomic mass is 32.2. The first kappa shape index (κ1) is 12.3. The number of aromatic nitrogens is 2. The number of anilines is 1. The van der Waals surface area contributed by atoms with Gasteiger partial charge in [0.25, 0.3) is 0 Å². The van der Waals surface area contributed by atoms with E-state index in [1.807, 2.05) is 13.0 Å². The molecule has 0 radical (unpaired) electrons. The van der Waals surface area contributed by atoms with Crippen LogP contribution in [-0.2, 0) is 0 Å². The topological polar surface area (TPSA) is 41.1 Å². The van der Waals surface area contributed by atoms with Gasteiger partial charge >= 0.3 is 0 Å². The monoisotopic (exact) mass is 226 g/mol. The summed E-state index contributed by atoms with van der Waals surface area (Å²) in [5.41, 5.74) is 0. The lowest BCUT2D eigenvalue weighted by atomic mass is 10.6. The summed E-state index contributed by atoms with van der Waals surface area (Å²) < 4.78 is 0. The Bertz CT molecular complexity index is 291. The first-order valence-corrected chi connectivity index (χ1v) is 6.05. The number of nitrogens with one attached hydrogen (secondary N) is 1. The normalized spacial score (nSPS) is 10.7. The van der Waals surface area contributed by atoms with Gasteiger partial charge < -0.3 is 10.2 Å². The summed E-state index contributed by atoms with van der Waals surface area (Å²) in [4.78, 5) is 10.7. The van der Waals surface area contributed by atoms with Gasteiger partial charge in [0.1, 0.15) is 5.03 Å². The van der Waals surface area contributed by atoms with Crippen LogP contribution in [-0.4, -0.2) is 47.8 Å². The third-order valence-corrected chi connectivity index (χ3v) is 2.66. The van der Waals surface area contributed by atoms with Crippen molar-refractivity contribution in [1.82, 2.24) is 14.9 Å². The van der Waals surface area contributed by atoms with E-state index >= 15 is 0 Å². The average Bonchev–Trinajstić information content (AvgIpc) is 2.18. The van der Waals surface area contributed by atoms with Gasteiger partial charge in [-0.15, -0.1) is 11.8 Å². The van der Waals surface area contributed by atoms with Crippen LogP contribution in [0.3, 0.4) is 0 Å². The number of rotatable bonds is 6. The molecule has 0 aliphatic rings. The molecule has 1 N–H and O–H groups in total. The molecule has 5 heteroatoms. The summed E-state index contributed by atoms with van der Waals surface area (Å²) in [5.74, 6) is 1.77. The highest BCUT2D eigenvalue weighted by Crippen LogP contribution is 2.15. The molecule has 0 saturated carbocycles. The van der Waals surface area contributed by atoms with E-state index in [0.717, 1.165) is 23.9 Å². The predicted molar refractivity (Wildman–Crippen MR) is 65.5 cm³/mol. The largest absolute Gasteiger partial charge is 0.354 e. The Kier molecular flexibility index (Phi) is 5.42. The fraction of sp³-hybridized carbons (Fsp3) is 0.600. The first-order valence-electron chi connectivity index (χ1n) is 5.07. The van der Waals surface area contributed by atoms with Crippen LogP contribution in [0.2, 0.25) is 0 Å². The molecule has 15 heavy (non-hydrogen) atoms. The Morgan fingerprint density at radius 3 is 2.93 bits per heavy atom. The molecule has 0 aliphatic heterocycles. The average molecular weight is 226 g/mol. The number of hydrogen-bond donors (Lipinski definition) is 1. The van der Waals surface area contributed by atoms with Crippen molar-refractivity contribution in [3.8, 4) is 0 Å². The van der Waals surface area contributed by atoms with Gasteiger partial charge in [-0.1, -0.05) is 0 Å². The Balaban J connectivity index is 2.43. The van der Waals surface area contributed by atoms with Crippen molar-refractivity contribution in [3.05, 3.63) is 12.3 Å². The Morgan fingerprint density at radius 2 is 2.27 bits per heavy atom. The SMILES string of the molecule is CCNc1nccc(SCCN(C)C)n1. The van der Waals surface area contributed by atoms with Gasteiger partial charge in [0, 0.05) is 25.0 Å². The summed E-state index contributed by atoms with van der Waals surface area (Å²) in [7, 11) is 4.15. The van der Waals surface area contributed by atoms with Crippen LogP contribution in [0.25, 0.3) is 0 Å². The molecule has 1 aromatic rings. The zero-order valence-electron chi connectivity index (χ0n) is 9.53. The maximum Gasteiger partial charge on any atom is 0.223 e. The minimum atomic E-state index is 0.715. The molecule has 0 unspecified atom stereocenters. The minimum Gasteiger partial charge on any atom is -0.354 e. The molecule has 0 saturated heterocycles. The van der Waals surface area contributed by atoms with E-state index in [-0.39, 0.29) is 0 Å². The Hall–Kier alpha value is -0.810. The van der Waals surface area contributed by atoms with Crippen LogP contribution in [0.1, 0.15) is 6.92 Å². The molecule has 0 spiro atoms. The first-order chi connectivity index (χ1) is 7.22. The van der Waals surface area contributed by atoms with Crippen LogP contribution in [0.15, 0.2) is 17.3 Å². The van der Waals surface area contributed by atoms with E-state index in [4.69, 9.17) is 0 Å². The third-order valence-electron chi connectivity index (χ3n) is 1.75. The molecule has 84 valence electrons. The standard InChI is InChI=1S/C10H18N4S/c1-4-11-10-12-6-5-9(13-10)15-8-7-14(2)3/h5-6H,4,7-8H2,1-3H3,(H,11,12,13). The van der Waals surface area contributed by atoms with Crippen molar-refractivity contribution in [2.24, 2.45) is 0 Å². The van der Waals surface area contributed by atoms with Crippen LogP contribution < -0.4 is 5.32 Å². The summed E-state index contributed by atoms with van der Waals surface area (Å²) in [6.45, 7) is 3.95. The molecule has 1 heterocycles. The third kappa shape index (κ3) is 4.99. The molecule has 0 amide bonds. The summed E-state index contributed by atoms with van der Waals surface area (Å²) >= 11 is 1.76. The van der Waals surface area contributed by atoms with Crippen molar-refractivity contribution < 1.29 is 0 Å². The van der Waals surface area contributed by atoms with Crippen LogP contribution in [0.4, 0.5) is 5.95 Å². The maximum atomic E-state index is 4.38. The van der Waals surface area contributed by atoms with Gasteiger partial charge in [-0.25, -0.2) is 9.97 Å². The van der Waals surface area contributed by atoms with Crippen molar-refractivity contribution in [2.75, 3.05) is 38.3 Å². The lowest BCUT2D eigenvalue weighted by Gasteiger charge is -2.08. The van der Waals surface area contributed by atoms with Gasteiger partial charge in [-0.3, -0.25) is 0 Å². The van der Waals surface area contributed by atoms with E-state index in [0.29, 0.717) is 5.95 Å². The van der Waals surface area contributed by atoms with Gasteiger partial charge in [-0.2, -0.15) is 0 Å². The van der Waals surface area contributed by atoms with Crippen LogP contribution >= 0.6 is 11.8 Å². The van der Waals surface area contributed by atoms with Gasteiger partial charge in [0.15, 0.2) is 0 Å². The lowest BCUT2D eigenvalue weighted by molar-refractivity contribution is 0.437. The van der Waals surface area contributed by atoms with Crippen LogP contribution in [0.5, 0.6) is 0 Å². The van der Waals surface area contributed by atoms with E-state index < -0.39 is 0 Å². The van der Waals surface area contributed by atoms with Crippen molar-refractivity contribution in [1.29, 1.82) is 0 Å². The molecular weight excluding hydrogens is 208 g/mol. The summed E-state index contributed by atoms with van der Waals surface area (Å²) in [6.07, 6.45) is 1.79. The molecule has 0 aliphatic carbocycles. The quantitative estimate of drug-likeness (QED) is 0.589. The van der Waals surface area contributed by atoms with E-state index in [2.05, 4.69) is 34.3 Å². The van der Waals surface area contributed by atoms with Crippen molar-refractivity contribution in [3.63, 3.8) is 0 Å². The smallest absolute Gasteiger partial charge is 0.223 e. The highest BCUT2D eigenvalue weighted by molar-refractivity contribution is 7.99. The lowest BCUT2D eigenvalue weighted by Crippen LogP contribution is -2.14. The zero-order chi connectivity index (χ0) is 11.1. The Labute approximate surface area is 95.5 Å². The molecular formula is C10H18N4S. The molecule has 0 fully saturated rings. The molecule has 1 rings (SSSR count). The summed E-state index contributed by atoms with van der Waals surface area (Å²) in [5, 5.41) is 4.13. The second-order valence-corrected chi connectivity index (χ2v) is 4.52. The van der Waals surface area contributed by atoms with E-state index in [9.17, 15) is 0 Å². The number of nitrogens with zero attached hydrogens (tertiary/aromatic N) is 3. The van der Waals surface area contributed by atoms with E-state index in [1.54, 1.807) is 18.0 Å². The van der Waals surface area contributed by atoms with Crippen molar-refractivity contribution in [2.45, 2.75) is 11.9 Å².